The van der Waals surface area contributed by atoms with Crippen LogP contribution in [0.15, 0.2) is 29.2 Å². The number of halogens is 4. The van der Waals surface area contributed by atoms with Crippen molar-refractivity contribution in [3.05, 3.63) is 46.9 Å². The molecule has 3 aliphatic heterocycles. The number of aromatic nitrogens is 1. The largest absolute Gasteiger partial charge is 0.373 e. The Kier molecular flexibility index (Phi) is 6.16. The number of nitrogens with zero attached hydrogens (tertiary/aromatic N) is 3. The number of sulfonamides is 1. The van der Waals surface area contributed by atoms with Crippen molar-refractivity contribution < 1.29 is 26.3 Å². The van der Waals surface area contributed by atoms with Crippen LogP contribution in [0.1, 0.15) is 19.3 Å². The van der Waals surface area contributed by atoms with Gasteiger partial charge in [-0.05, 0) is 30.9 Å². The Labute approximate surface area is 200 Å². The van der Waals surface area contributed by atoms with E-state index in [2.05, 4.69) is 9.88 Å². The van der Waals surface area contributed by atoms with Gasteiger partial charge in [-0.15, -0.1) is 0 Å². The summed E-state index contributed by atoms with van der Waals surface area (Å²) in [5, 5.41) is -0.474. The van der Waals surface area contributed by atoms with Gasteiger partial charge in [0.1, 0.15) is 16.7 Å². The van der Waals surface area contributed by atoms with Gasteiger partial charge < -0.3 is 14.5 Å². The molecule has 1 aromatic carbocycles. The molecule has 2 atom stereocenters. The van der Waals surface area contributed by atoms with Crippen LogP contribution in [-0.4, -0.2) is 63.2 Å². The molecule has 1 aromatic heterocycles. The van der Waals surface area contributed by atoms with Crippen LogP contribution in [0.25, 0.3) is 0 Å². The van der Waals surface area contributed by atoms with Crippen LogP contribution in [0.3, 0.4) is 0 Å². The first-order chi connectivity index (χ1) is 16.2. The van der Waals surface area contributed by atoms with E-state index in [4.69, 9.17) is 16.3 Å². The molecule has 4 heterocycles. The molecule has 3 saturated heterocycles. The van der Waals surface area contributed by atoms with Gasteiger partial charge in [-0.1, -0.05) is 17.7 Å². The van der Waals surface area contributed by atoms with Gasteiger partial charge in [-0.2, -0.15) is 4.39 Å². The standard InChI is InChI=1S/C22H24ClF3N4O3S/c23-19-16(30-7-4-14(12-30)11-29-8-5-22(13-29)6-9-33-22)10-15(24)21(20(19)26)34(31,32)28-18-3-1-2-17(25)27-18/h1-3,10,14H,4-9,11-13H2,(H,27,28)/t14?,22-/m1/s1. The lowest BCUT2D eigenvalue weighted by atomic mass is 9.94. The van der Waals surface area contributed by atoms with Crippen LogP contribution in [0.2, 0.25) is 5.02 Å². The lowest BCUT2D eigenvalue weighted by Gasteiger charge is -2.38. The van der Waals surface area contributed by atoms with Crippen molar-refractivity contribution in [3.63, 3.8) is 0 Å². The van der Waals surface area contributed by atoms with Gasteiger partial charge in [0.15, 0.2) is 10.7 Å². The number of pyridine rings is 1. The molecule has 34 heavy (non-hydrogen) atoms. The van der Waals surface area contributed by atoms with E-state index in [-0.39, 0.29) is 11.3 Å². The van der Waals surface area contributed by atoms with Crippen molar-refractivity contribution in [2.24, 2.45) is 5.92 Å². The number of anilines is 2. The fourth-order valence-corrected chi connectivity index (χ4v) is 6.53. The van der Waals surface area contributed by atoms with Gasteiger partial charge >= 0.3 is 0 Å². The van der Waals surface area contributed by atoms with Crippen molar-refractivity contribution >= 4 is 33.1 Å². The van der Waals surface area contributed by atoms with E-state index in [0.29, 0.717) is 19.0 Å². The highest BCUT2D eigenvalue weighted by molar-refractivity contribution is 7.92. The third-order valence-corrected chi connectivity index (χ3v) is 8.57. The van der Waals surface area contributed by atoms with Crippen molar-refractivity contribution in [3.8, 4) is 0 Å². The van der Waals surface area contributed by atoms with Crippen LogP contribution in [0.5, 0.6) is 0 Å². The number of likely N-dealkylation sites (tertiary alicyclic amines) is 1. The molecular formula is C22H24ClF3N4O3S. The Morgan fingerprint density at radius 2 is 2.03 bits per heavy atom. The van der Waals surface area contributed by atoms with Crippen molar-refractivity contribution in [2.45, 2.75) is 29.8 Å². The molecule has 0 aliphatic carbocycles. The molecule has 2 aromatic rings. The summed E-state index contributed by atoms with van der Waals surface area (Å²) >= 11 is 6.19. The van der Waals surface area contributed by atoms with Gasteiger partial charge in [-0.3, -0.25) is 4.72 Å². The Bertz CT molecular complexity index is 1210. The average Bonchev–Trinajstić information content (AvgIpc) is 3.38. The summed E-state index contributed by atoms with van der Waals surface area (Å²) < 4.78 is 76.2. The summed E-state index contributed by atoms with van der Waals surface area (Å²) in [6.07, 6.45) is 2.95. The number of ether oxygens (including phenoxy) is 1. The minimum Gasteiger partial charge on any atom is -0.373 e. The van der Waals surface area contributed by atoms with Crippen molar-refractivity contribution in [2.75, 3.05) is 49.0 Å². The number of hydrogen-bond acceptors (Lipinski definition) is 6. The van der Waals surface area contributed by atoms with Crippen LogP contribution in [0, 0.1) is 23.5 Å². The monoisotopic (exact) mass is 516 g/mol. The van der Waals surface area contributed by atoms with E-state index in [0.717, 1.165) is 63.7 Å². The normalized spacial score (nSPS) is 25.2. The second-order valence-corrected chi connectivity index (χ2v) is 11.2. The fourth-order valence-electron chi connectivity index (χ4n) is 5.06. The second-order valence-electron chi connectivity index (χ2n) is 9.15. The predicted molar refractivity (Wildman–Crippen MR) is 121 cm³/mol. The molecule has 1 spiro atoms. The molecule has 12 heteroatoms. The average molecular weight is 517 g/mol. The molecule has 1 unspecified atom stereocenters. The highest BCUT2D eigenvalue weighted by Gasteiger charge is 2.45. The maximum absolute atomic E-state index is 15.1. The molecule has 1 N–H and O–H groups in total. The number of hydrogen-bond donors (Lipinski definition) is 1. The highest BCUT2D eigenvalue weighted by atomic mass is 35.5. The first-order valence-corrected chi connectivity index (χ1v) is 13.0. The Balaban J connectivity index is 1.31. The van der Waals surface area contributed by atoms with Crippen molar-refractivity contribution in [1.29, 1.82) is 0 Å². The second kappa shape index (κ2) is 8.85. The first kappa shape index (κ1) is 23.7. The molecule has 3 fully saturated rings. The molecule has 5 rings (SSSR count). The smallest absolute Gasteiger partial charge is 0.268 e. The zero-order valence-electron chi connectivity index (χ0n) is 18.2. The third-order valence-electron chi connectivity index (χ3n) is 6.82. The number of rotatable bonds is 6. The van der Waals surface area contributed by atoms with Crippen LogP contribution >= 0.6 is 11.6 Å². The first-order valence-electron chi connectivity index (χ1n) is 11.1. The molecule has 0 bridgehead atoms. The maximum Gasteiger partial charge on any atom is 0.268 e. The molecular weight excluding hydrogens is 493 g/mol. The molecule has 3 aliphatic rings. The SMILES string of the molecule is O=S(=O)(Nc1cccc(F)n1)c1c(F)cc(N2CCC(CN3CC[C@@]4(CCO4)C3)C2)c(Cl)c1F. The Morgan fingerprint density at radius 1 is 1.24 bits per heavy atom. The van der Waals surface area contributed by atoms with Crippen LogP contribution in [-0.2, 0) is 14.8 Å². The van der Waals surface area contributed by atoms with Crippen molar-refractivity contribution in [1.82, 2.24) is 9.88 Å². The summed E-state index contributed by atoms with van der Waals surface area (Å²) in [6.45, 7) is 4.67. The van der Waals surface area contributed by atoms with E-state index in [1.165, 1.54) is 6.07 Å². The van der Waals surface area contributed by atoms with Gasteiger partial charge in [0.25, 0.3) is 10.0 Å². The maximum atomic E-state index is 15.1. The summed E-state index contributed by atoms with van der Waals surface area (Å²) in [7, 11) is -4.74. The minimum absolute atomic E-state index is 0.0181. The zero-order chi connectivity index (χ0) is 24.1. The zero-order valence-corrected chi connectivity index (χ0v) is 19.8. The molecule has 0 radical (unpaired) electrons. The summed E-state index contributed by atoms with van der Waals surface area (Å²) in [5.74, 6) is -3.73. The van der Waals surface area contributed by atoms with E-state index in [9.17, 15) is 17.2 Å². The third kappa shape index (κ3) is 4.46. The van der Waals surface area contributed by atoms with Crippen LogP contribution < -0.4 is 9.62 Å². The van der Waals surface area contributed by atoms with Crippen LogP contribution in [0.4, 0.5) is 24.7 Å². The summed E-state index contributed by atoms with van der Waals surface area (Å²) in [4.78, 5) is 6.28. The Hall–Kier alpha value is -2.08. The quantitative estimate of drug-likeness (QED) is 0.467. The van der Waals surface area contributed by atoms with E-state index in [1.54, 1.807) is 4.90 Å². The van der Waals surface area contributed by atoms with E-state index < -0.39 is 43.3 Å². The summed E-state index contributed by atoms with van der Waals surface area (Å²) in [6, 6.07) is 4.33. The topological polar surface area (TPSA) is 74.8 Å². The fraction of sp³-hybridized carbons (Fsp3) is 0.500. The van der Waals surface area contributed by atoms with E-state index >= 15 is 4.39 Å². The molecule has 0 saturated carbocycles. The molecule has 184 valence electrons. The number of nitrogens with one attached hydrogen (secondary N) is 1. The molecule has 0 amide bonds. The Morgan fingerprint density at radius 3 is 2.71 bits per heavy atom. The lowest BCUT2D eigenvalue weighted by Crippen LogP contribution is -2.46. The van der Waals surface area contributed by atoms with Gasteiger partial charge in [0.05, 0.1) is 17.9 Å². The van der Waals surface area contributed by atoms with Gasteiger partial charge in [-0.25, -0.2) is 22.2 Å². The molecule has 7 nitrogen and oxygen atoms in total. The predicted octanol–water partition coefficient (Wildman–Crippen LogP) is 3.64. The van der Waals surface area contributed by atoms with Gasteiger partial charge in [0, 0.05) is 45.2 Å². The van der Waals surface area contributed by atoms with E-state index in [1.807, 2.05) is 4.72 Å². The number of benzene rings is 1. The lowest BCUT2D eigenvalue weighted by molar-refractivity contribution is -0.137. The summed E-state index contributed by atoms with van der Waals surface area (Å²) in [5.41, 5.74) is 0.131. The highest BCUT2D eigenvalue weighted by Crippen LogP contribution is 2.39. The minimum atomic E-state index is -4.74. The van der Waals surface area contributed by atoms with Gasteiger partial charge in [0.2, 0.25) is 5.95 Å².